The molecule has 1 aliphatic rings. The van der Waals surface area contributed by atoms with E-state index in [1.807, 2.05) is 19.1 Å². The molecule has 1 unspecified atom stereocenters. The minimum atomic E-state index is 0.159. The molecule has 0 bridgehead atoms. The molecule has 1 aliphatic heterocycles. The minimum absolute atomic E-state index is 0.159. The molecule has 1 N–H and O–H groups in total. The summed E-state index contributed by atoms with van der Waals surface area (Å²) < 4.78 is 11.1. The van der Waals surface area contributed by atoms with Gasteiger partial charge in [0.2, 0.25) is 0 Å². The molecule has 2 rings (SSSR count). The second-order valence-corrected chi connectivity index (χ2v) is 3.64. The fourth-order valence-corrected chi connectivity index (χ4v) is 1.53. The fourth-order valence-electron chi connectivity index (χ4n) is 1.53. The van der Waals surface area contributed by atoms with Crippen LogP contribution in [0.4, 0.5) is 0 Å². The SMILES string of the molecule is Cc1cc(OCC2CNCCO2)ccn1. The lowest BCUT2D eigenvalue weighted by Gasteiger charge is -2.23. The molecular weight excluding hydrogens is 192 g/mol. The Labute approximate surface area is 89.6 Å². The van der Waals surface area contributed by atoms with E-state index >= 15 is 0 Å². The molecule has 1 atom stereocenters. The van der Waals surface area contributed by atoms with Crippen molar-refractivity contribution in [2.24, 2.45) is 0 Å². The monoisotopic (exact) mass is 208 g/mol. The lowest BCUT2D eigenvalue weighted by molar-refractivity contribution is 0.000166. The molecule has 0 saturated carbocycles. The highest BCUT2D eigenvalue weighted by molar-refractivity contribution is 5.21. The summed E-state index contributed by atoms with van der Waals surface area (Å²) in [4.78, 5) is 4.11. The van der Waals surface area contributed by atoms with Gasteiger partial charge in [0.25, 0.3) is 0 Å². The first-order valence-electron chi connectivity index (χ1n) is 5.22. The maximum absolute atomic E-state index is 5.62. The summed E-state index contributed by atoms with van der Waals surface area (Å²) in [5.41, 5.74) is 0.968. The van der Waals surface area contributed by atoms with Crippen LogP contribution in [0, 0.1) is 6.92 Å². The van der Waals surface area contributed by atoms with Gasteiger partial charge in [-0.15, -0.1) is 0 Å². The van der Waals surface area contributed by atoms with Gasteiger partial charge in [-0.2, -0.15) is 0 Å². The maximum Gasteiger partial charge on any atom is 0.122 e. The van der Waals surface area contributed by atoms with E-state index in [9.17, 15) is 0 Å². The number of nitrogens with zero attached hydrogens (tertiary/aromatic N) is 1. The van der Waals surface area contributed by atoms with Crippen LogP contribution < -0.4 is 10.1 Å². The Morgan fingerprint density at radius 2 is 2.60 bits per heavy atom. The molecule has 0 amide bonds. The summed E-state index contributed by atoms with van der Waals surface area (Å²) in [6, 6.07) is 3.79. The number of ether oxygens (including phenoxy) is 2. The number of pyridine rings is 1. The normalized spacial score (nSPS) is 21.3. The Balaban J connectivity index is 1.81. The Morgan fingerprint density at radius 3 is 3.33 bits per heavy atom. The summed E-state index contributed by atoms with van der Waals surface area (Å²) in [5.74, 6) is 0.858. The zero-order valence-electron chi connectivity index (χ0n) is 8.90. The van der Waals surface area contributed by atoms with E-state index in [1.54, 1.807) is 6.20 Å². The summed E-state index contributed by atoms with van der Waals surface area (Å²) in [6.07, 6.45) is 1.91. The number of aryl methyl sites for hydroxylation is 1. The van der Waals surface area contributed by atoms with Crippen molar-refractivity contribution >= 4 is 0 Å². The standard InChI is InChI=1S/C11H16N2O2/c1-9-6-10(2-3-13-9)15-8-11-7-12-4-5-14-11/h2-3,6,11-12H,4-5,7-8H2,1H3. The van der Waals surface area contributed by atoms with Gasteiger partial charge in [0.1, 0.15) is 18.5 Å². The fraction of sp³-hybridized carbons (Fsp3) is 0.545. The Hall–Kier alpha value is -1.13. The second-order valence-electron chi connectivity index (χ2n) is 3.64. The van der Waals surface area contributed by atoms with Gasteiger partial charge in [-0.05, 0) is 13.0 Å². The minimum Gasteiger partial charge on any atom is -0.491 e. The van der Waals surface area contributed by atoms with Crippen molar-refractivity contribution in [3.8, 4) is 5.75 Å². The van der Waals surface area contributed by atoms with Crippen LogP contribution in [0.15, 0.2) is 18.3 Å². The third kappa shape index (κ3) is 3.18. The first kappa shape index (κ1) is 10.4. The van der Waals surface area contributed by atoms with Crippen LogP contribution in [0.5, 0.6) is 5.75 Å². The molecule has 1 aromatic heterocycles. The van der Waals surface area contributed by atoms with Crippen molar-refractivity contribution < 1.29 is 9.47 Å². The zero-order valence-corrected chi connectivity index (χ0v) is 8.90. The molecule has 4 heteroatoms. The second kappa shape index (κ2) is 5.09. The summed E-state index contributed by atoms with van der Waals surface area (Å²) in [5, 5.41) is 3.27. The van der Waals surface area contributed by atoms with Gasteiger partial charge in [0.05, 0.1) is 6.61 Å². The maximum atomic E-state index is 5.62. The summed E-state index contributed by atoms with van der Waals surface area (Å²) in [7, 11) is 0. The first-order chi connectivity index (χ1) is 7.34. The summed E-state index contributed by atoms with van der Waals surface area (Å²) in [6.45, 7) is 5.11. The molecule has 0 aromatic carbocycles. The average Bonchev–Trinajstić information content (AvgIpc) is 2.28. The molecule has 0 aliphatic carbocycles. The highest BCUT2D eigenvalue weighted by Crippen LogP contribution is 2.11. The Bertz CT molecular complexity index is 311. The van der Waals surface area contributed by atoms with Crippen LogP contribution in [0.2, 0.25) is 0 Å². The smallest absolute Gasteiger partial charge is 0.122 e. The lowest BCUT2D eigenvalue weighted by Crippen LogP contribution is -2.41. The number of nitrogens with one attached hydrogen (secondary N) is 1. The van der Waals surface area contributed by atoms with Crippen LogP contribution in [0.25, 0.3) is 0 Å². The number of aromatic nitrogens is 1. The zero-order chi connectivity index (χ0) is 10.5. The van der Waals surface area contributed by atoms with Crippen LogP contribution in [0.1, 0.15) is 5.69 Å². The van der Waals surface area contributed by atoms with Crippen LogP contribution >= 0.6 is 0 Å². The molecule has 0 radical (unpaired) electrons. The number of rotatable bonds is 3. The third-order valence-corrected chi connectivity index (χ3v) is 2.31. The van der Waals surface area contributed by atoms with Crippen molar-refractivity contribution in [2.45, 2.75) is 13.0 Å². The number of hydrogen-bond acceptors (Lipinski definition) is 4. The van der Waals surface area contributed by atoms with Crippen LogP contribution in [-0.4, -0.2) is 37.4 Å². The molecule has 0 spiro atoms. The third-order valence-electron chi connectivity index (χ3n) is 2.31. The van der Waals surface area contributed by atoms with E-state index in [-0.39, 0.29) is 6.10 Å². The number of morpholine rings is 1. The highest BCUT2D eigenvalue weighted by Gasteiger charge is 2.13. The van der Waals surface area contributed by atoms with Crippen molar-refractivity contribution in [3.05, 3.63) is 24.0 Å². The van der Waals surface area contributed by atoms with Gasteiger partial charge in [-0.3, -0.25) is 4.98 Å². The van der Waals surface area contributed by atoms with Crippen molar-refractivity contribution in [1.29, 1.82) is 0 Å². The van der Waals surface area contributed by atoms with E-state index in [0.717, 1.165) is 31.1 Å². The number of hydrogen-bond donors (Lipinski definition) is 1. The molecule has 1 saturated heterocycles. The quantitative estimate of drug-likeness (QED) is 0.796. The first-order valence-corrected chi connectivity index (χ1v) is 5.22. The van der Waals surface area contributed by atoms with Crippen molar-refractivity contribution in [3.63, 3.8) is 0 Å². The molecular formula is C11H16N2O2. The van der Waals surface area contributed by atoms with Crippen LogP contribution in [0.3, 0.4) is 0 Å². The van der Waals surface area contributed by atoms with E-state index in [1.165, 1.54) is 0 Å². The van der Waals surface area contributed by atoms with Gasteiger partial charge in [-0.1, -0.05) is 0 Å². The van der Waals surface area contributed by atoms with E-state index in [0.29, 0.717) is 6.61 Å². The predicted octanol–water partition coefficient (Wildman–Crippen LogP) is 0.757. The molecule has 82 valence electrons. The summed E-state index contributed by atoms with van der Waals surface area (Å²) >= 11 is 0. The van der Waals surface area contributed by atoms with E-state index in [4.69, 9.17) is 9.47 Å². The van der Waals surface area contributed by atoms with Gasteiger partial charge < -0.3 is 14.8 Å². The largest absolute Gasteiger partial charge is 0.491 e. The predicted molar refractivity (Wildman–Crippen MR) is 57.1 cm³/mol. The average molecular weight is 208 g/mol. The molecule has 4 nitrogen and oxygen atoms in total. The highest BCUT2D eigenvalue weighted by atomic mass is 16.5. The molecule has 2 heterocycles. The van der Waals surface area contributed by atoms with E-state index < -0.39 is 0 Å². The Kier molecular flexibility index (Phi) is 3.53. The van der Waals surface area contributed by atoms with E-state index in [2.05, 4.69) is 10.3 Å². The molecule has 1 fully saturated rings. The topological polar surface area (TPSA) is 43.4 Å². The van der Waals surface area contributed by atoms with Gasteiger partial charge >= 0.3 is 0 Å². The van der Waals surface area contributed by atoms with Crippen molar-refractivity contribution in [2.75, 3.05) is 26.3 Å². The lowest BCUT2D eigenvalue weighted by atomic mass is 10.3. The van der Waals surface area contributed by atoms with Crippen molar-refractivity contribution in [1.82, 2.24) is 10.3 Å². The van der Waals surface area contributed by atoms with Gasteiger partial charge in [0.15, 0.2) is 0 Å². The van der Waals surface area contributed by atoms with Gasteiger partial charge in [-0.25, -0.2) is 0 Å². The molecule has 1 aromatic rings. The van der Waals surface area contributed by atoms with Crippen LogP contribution in [-0.2, 0) is 4.74 Å². The molecule has 15 heavy (non-hydrogen) atoms. The van der Waals surface area contributed by atoms with Gasteiger partial charge in [0, 0.05) is 31.0 Å². The Morgan fingerprint density at radius 1 is 1.67 bits per heavy atom.